The largest absolute Gasteiger partial charge is 0.370 e. The van der Waals surface area contributed by atoms with Crippen molar-refractivity contribution in [3.63, 3.8) is 0 Å². The molecule has 1 amide bonds. The Morgan fingerprint density at radius 1 is 1.27 bits per heavy atom. The Morgan fingerprint density at radius 3 is 2.77 bits per heavy atom. The number of carbonyl (C=O) groups excluding carboxylic acids is 1. The lowest BCUT2D eigenvalue weighted by Crippen LogP contribution is -2.09. The quantitative estimate of drug-likeness (QED) is 0.721. The highest BCUT2D eigenvalue weighted by atomic mass is 35.5. The maximum Gasteiger partial charge on any atom is 0.217 e. The summed E-state index contributed by atoms with van der Waals surface area (Å²) in [5, 5.41) is 0.777. The number of primary amides is 1. The minimum absolute atomic E-state index is 0.214. The summed E-state index contributed by atoms with van der Waals surface area (Å²) in [7, 11) is 0. The van der Waals surface area contributed by atoms with Gasteiger partial charge in [0.05, 0.1) is 11.9 Å². The molecule has 0 aliphatic carbocycles. The fraction of sp³-hybridized carbons (Fsp3) is 0.412. The molecule has 0 saturated carbocycles. The van der Waals surface area contributed by atoms with Gasteiger partial charge in [-0.2, -0.15) is 0 Å². The molecular weight excluding hydrogens is 298 g/mol. The van der Waals surface area contributed by atoms with E-state index in [4.69, 9.17) is 17.3 Å². The fourth-order valence-corrected chi connectivity index (χ4v) is 2.51. The SMILES string of the molecule is Cc1cc(-c2cnc(CCCCCCC(N)=O)[nH]2)ccc1Cl. The number of rotatable bonds is 8. The van der Waals surface area contributed by atoms with Crippen LogP contribution in [0.2, 0.25) is 5.02 Å². The molecule has 1 aromatic carbocycles. The highest BCUT2D eigenvalue weighted by Gasteiger charge is 2.05. The van der Waals surface area contributed by atoms with E-state index in [0.717, 1.165) is 59.8 Å². The summed E-state index contributed by atoms with van der Waals surface area (Å²) < 4.78 is 0. The Morgan fingerprint density at radius 2 is 2.05 bits per heavy atom. The second kappa shape index (κ2) is 7.99. The zero-order valence-electron chi connectivity index (χ0n) is 12.9. The Kier molecular flexibility index (Phi) is 6.01. The number of benzene rings is 1. The van der Waals surface area contributed by atoms with Crippen LogP contribution in [-0.4, -0.2) is 15.9 Å². The van der Waals surface area contributed by atoms with Crippen molar-refractivity contribution < 1.29 is 4.79 Å². The molecule has 0 radical (unpaired) electrons. The number of hydrogen-bond acceptors (Lipinski definition) is 2. The monoisotopic (exact) mass is 319 g/mol. The summed E-state index contributed by atoms with van der Waals surface area (Å²) >= 11 is 6.05. The topological polar surface area (TPSA) is 71.8 Å². The molecule has 4 nitrogen and oxygen atoms in total. The molecule has 0 atom stereocenters. The maximum absolute atomic E-state index is 10.6. The molecule has 22 heavy (non-hydrogen) atoms. The molecule has 5 heteroatoms. The molecular formula is C17H22ClN3O. The van der Waals surface area contributed by atoms with Crippen molar-refractivity contribution in [3.8, 4) is 11.3 Å². The number of nitrogens with one attached hydrogen (secondary N) is 1. The van der Waals surface area contributed by atoms with Crippen LogP contribution >= 0.6 is 11.6 Å². The van der Waals surface area contributed by atoms with Gasteiger partial charge in [-0.15, -0.1) is 0 Å². The Labute approximate surface area is 136 Å². The lowest BCUT2D eigenvalue weighted by Gasteiger charge is -2.02. The number of aromatic nitrogens is 2. The molecule has 0 spiro atoms. The lowest BCUT2D eigenvalue weighted by molar-refractivity contribution is -0.118. The summed E-state index contributed by atoms with van der Waals surface area (Å²) in [6.07, 6.45) is 7.33. The molecule has 0 bridgehead atoms. The van der Waals surface area contributed by atoms with E-state index in [1.807, 2.05) is 25.3 Å². The molecule has 2 aromatic rings. The van der Waals surface area contributed by atoms with Crippen LogP contribution in [0.15, 0.2) is 24.4 Å². The number of nitrogens with zero attached hydrogens (tertiary/aromatic N) is 1. The van der Waals surface area contributed by atoms with E-state index < -0.39 is 0 Å². The van der Waals surface area contributed by atoms with Crippen LogP contribution in [0.3, 0.4) is 0 Å². The van der Waals surface area contributed by atoms with Gasteiger partial charge in [-0.1, -0.05) is 30.5 Å². The number of H-pyrrole nitrogens is 1. The predicted octanol–water partition coefficient (Wildman–Crippen LogP) is 4.02. The van der Waals surface area contributed by atoms with Crippen LogP contribution in [0.4, 0.5) is 0 Å². The second-order valence-corrected chi connectivity index (χ2v) is 6.00. The van der Waals surface area contributed by atoms with Gasteiger partial charge in [0, 0.05) is 17.9 Å². The first-order valence-corrected chi connectivity index (χ1v) is 8.03. The standard InChI is InChI=1S/C17H22ClN3O/c1-12-10-13(8-9-14(12)18)15-11-20-17(21-15)7-5-3-2-4-6-16(19)22/h8-11H,2-7H2,1H3,(H2,19,22)(H,20,21). The lowest BCUT2D eigenvalue weighted by atomic mass is 10.1. The highest BCUT2D eigenvalue weighted by Crippen LogP contribution is 2.23. The van der Waals surface area contributed by atoms with Gasteiger partial charge >= 0.3 is 0 Å². The van der Waals surface area contributed by atoms with Crippen LogP contribution in [0, 0.1) is 6.92 Å². The Hall–Kier alpha value is -1.81. The smallest absolute Gasteiger partial charge is 0.217 e. The number of aryl methyl sites for hydroxylation is 2. The molecule has 0 fully saturated rings. The van der Waals surface area contributed by atoms with Crippen molar-refractivity contribution >= 4 is 17.5 Å². The number of aromatic amines is 1. The molecule has 0 unspecified atom stereocenters. The summed E-state index contributed by atoms with van der Waals surface area (Å²) in [6.45, 7) is 2.00. The highest BCUT2D eigenvalue weighted by molar-refractivity contribution is 6.31. The minimum Gasteiger partial charge on any atom is -0.370 e. The zero-order valence-corrected chi connectivity index (χ0v) is 13.6. The van der Waals surface area contributed by atoms with Gasteiger partial charge in [0.1, 0.15) is 5.82 Å². The van der Waals surface area contributed by atoms with Crippen molar-refractivity contribution in [1.29, 1.82) is 0 Å². The first kappa shape index (κ1) is 16.6. The van der Waals surface area contributed by atoms with E-state index in [1.54, 1.807) is 0 Å². The first-order valence-electron chi connectivity index (χ1n) is 7.65. The van der Waals surface area contributed by atoms with Gasteiger partial charge in [-0.05, 0) is 43.0 Å². The van der Waals surface area contributed by atoms with Crippen molar-refractivity contribution in [2.24, 2.45) is 5.73 Å². The van der Waals surface area contributed by atoms with Crippen LogP contribution in [0.5, 0.6) is 0 Å². The first-order chi connectivity index (χ1) is 10.6. The second-order valence-electron chi connectivity index (χ2n) is 5.59. The summed E-state index contributed by atoms with van der Waals surface area (Å²) in [5.41, 5.74) is 8.29. The molecule has 3 N–H and O–H groups in total. The minimum atomic E-state index is -0.214. The van der Waals surface area contributed by atoms with Crippen LogP contribution in [-0.2, 0) is 11.2 Å². The van der Waals surface area contributed by atoms with E-state index in [9.17, 15) is 4.79 Å². The number of amides is 1. The molecule has 2 rings (SSSR count). The van der Waals surface area contributed by atoms with E-state index in [2.05, 4.69) is 16.0 Å². The van der Waals surface area contributed by atoms with Crippen molar-refractivity contribution in [2.45, 2.75) is 45.4 Å². The van der Waals surface area contributed by atoms with Crippen molar-refractivity contribution in [2.75, 3.05) is 0 Å². The van der Waals surface area contributed by atoms with Crippen molar-refractivity contribution in [3.05, 3.63) is 40.8 Å². The number of carbonyl (C=O) groups is 1. The molecule has 0 saturated heterocycles. The molecule has 1 aromatic heterocycles. The third-order valence-corrected chi connectivity index (χ3v) is 4.11. The van der Waals surface area contributed by atoms with E-state index in [1.165, 1.54) is 0 Å². The zero-order chi connectivity index (χ0) is 15.9. The average Bonchev–Trinajstić information content (AvgIpc) is 2.94. The van der Waals surface area contributed by atoms with Gasteiger partial charge in [0.2, 0.25) is 5.91 Å². The van der Waals surface area contributed by atoms with Gasteiger partial charge in [-0.3, -0.25) is 4.79 Å². The summed E-state index contributed by atoms with van der Waals surface area (Å²) in [6, 6.07) is 5.96. The molecule has 0 aliphatic rings. The van der Waals surface area contributed by atoms with Crippen molar-refractivity contribution in [1.82, 2.24) is 9.97 Å². The number of halogens is 1. The number of unbranched alkanes of at least 4 members (excludes halogenated alkanes) is 3. The predicted molar refractivity (Wildman–Crippen MR) is 89.8 cm³/mol. The van der Waals surface area contributed by atoms with Crippen LogP contribution < -0.4 is 5.73 Å². The number of hydrogen-bond donors (Lipinski definition) is 2. The Balaban J connectivity index is 1.81. The number of imidazole rings is 1. The van der Waals surface area contributed by atoms with Crippen LogP contribution in [0.1, 0.15) is 43.5 Å². The van der Waals surface area contributed by atoms with Crippen LogP contribution in [0.25, 0.3) is 11.3 Å². The van der Waals surface area contributed by atoms with E-state index >= 15 is 0 Å². The van der Waals surface area contributed by atoms with Gasteiger partial charge in [0.25, 0.3) is 0 Å². The fourth-order valence-electron chi connectivity index (χ4n) is 2.39. The van der Waals surface area contributed by atoms with Gasteiger partial charge in [0.15, 0.2) is 0 Å². The maximum atomic E-state index is 10.6. The average molecular weight is 320 g/mol. The van der Waals surface area contributed by atoms with E-state index in [-0.39, 0.29) is 5.91 Å². The summed E-state index contributed by atoms with van der Waals surface area (Å²) in [4.78, 5) is 18.4. The van der Waals surface area contributed by atoms with Gasteiger partial charge < -0.3 is 10.7 Å². The third kappa shape index (κ3) is 4.88. The number of nitrogens with two attached hydrogens (primary N) is 1. The third-order valence-electron chi connectivity index (χ3n) is 3.68. The normalized spacial score (nSPS) is 10.8. The Bertz CT molecular complexity index is 637. The van der Waals surface area contributed by atoms with Gasteiger partial charge in [-0.25, -0.2) is 4.98 Å². The summed E-state index contributed by atoms with van der Waals surface area (Å²) in [5.74, 6) is 0.784. The molecule has 0 aliphatic heterocycles. The molecule has 1 heterocycles. The van der Waals surface area contributed by atoms with E-state index in [0.29, 0.717) is 6.42 Å². The molecule has 118 valence electrons.